The molecule has 1 fully saturated rings. The molecule has 1 aliphatic rings. The van der Waals surface area contributed by atoms with Gasteiger partial charge in [-0.15, -0.1) is 0 Å². The van der Waals surface area contributed by atoms with Crippen LogP contribution >= 0.6 is 15.9 Å². The highest BCUT2D eigenvalue weighted by atomic mass is 79.9. The van der Waals surface area contributed by atoms with E-state index in [2.05, 4.69) is 43.6 Å². The second-order valence-corrected chi connectivity index (χ2v) is 6.21. The van der Waals surface area contributed by atoms with Crippen molar-refractivity contribution in [2.45, 2.75) is 32.6 Å². The number of nitrogens with zero attached hydrogens (tertiary/aromatic N) is 2. The monoisotopic (exact) mass is 347 g/mol. The summed E-state index contributed by atoms with van der Waals surface area (Å²) < 4.78 is 1.07. The Bertz CT molecular complexity index is 682. The molecule has 110 valence electrons. The third-order valence-electron chi connectivity index (χ3n) is 3.76. The minimum Gasteiger partial charge on any atom is -0.340 e. The molecule has 1 heterocycles. The third kappa shape index (κ3) is 2.87. The van der Waals surface area contributed by atoms with Crippen molar-refractivity contribution in [1.82, 2.24) is 9.97 Å². The van der Waals surface area contributed by atoms with Gasteiger partial charge in [0.15, 0.2) is 0 Å². The number of aromatic nitrogens is 2. The van der Waals surface area contributed by atoms with E-state index in [0.29, 0.717) is 11.7 Å². The van der Waals surface area contributed by atoms with Crippen LogP contribution in [-0.4, -0.2) is 9.97 Å². The molecule has 0 amide bonds. The number of nitrogens with one attached hydrogen (secondary N) is 2. The van der Waals surface area contributed by atoms with Crippen LogP contribution in [0.5, 0.6) is 0 Å². The Morgan fingerprint density at radius 3 is 2.52 bits per heavy atom. The van der Waals surface area contributed by atoms with E-state index in [4.69, 9.17) is 5.84 Å². The quantitative estimate of drug-likeness (QED) is 0.579. The van der Waals surface area contributed by atoms with Gasteiger partial charge in [0.1, 0.15) is 17.5 Å². The first-order chi connectivity index (χ1) is 10.1. The molecule has 0 aliphatic heterocycles. The summed E-state index contributed by atoms with van der Waals surface area (Å²) in [7, 11) is 0. The first-order valence-electron chi connectivity index (χ1n) is 6.97. The zero-order valence-corrected chi connectivity index (χ0v) is 13.7. The summed E-state index contributed by atoms with van der Waals surface area (Å²) in [5.41, 5.74) is 5.76. The van der Waals surface area contributed by atoms with Crippen LogP contribution in [0.2, 0.25) is 0 Å². The van der Waals surface area contributed by atoms with E-state index in [1.54, 1.807) is 0 Å². The maximum atomic E-state index is 5.58. The molecule has 3 rings (SSSR count). The maximum Gasteiger partial charge on any atom is 0.148 e. The van der Waals surface area contributed by atoms with Gasteiger partial charge < -0.3 is 10.7 Å². The zero-order chi connectivity index (χ0) is 15.0. The van der Waals surface area contributed by atoms with E-state index in [1.165, 1.54) is 0 Å². The number of nitrogen functional groups attached to an aromatic ring is 1. The number of hydrazine groups is 1. The predicted molar refractivity (Wildman–Crippen MR) is 88.7 cm³/mol. The second-order valence-electron chi connectivity index (χ2n) is 5.36. The van der Waals surface area contributed by atoms with Crippen LogP contribution in [0.15, 0.2) is 22.7 Å². The molecular weight excluding hydrogens is 330 g/mol. The summed E-state index contributed by atoms with van der Waals surface area (Å²) in [6.45, 7) is 4.02. The molecule has 6 heteroatoms. The number of anilines is 3. The third-order valence-corrected chi connectivity index (χ3v) is 4.62. The molecule has 0 radical (unpaired) electrons. The van der Waals surface area contributed by atoms with Gasteiger partial charge in [-0.3, -0.25) is 0 Å². The summed E-state index contributed by atoms with van der Waals surface area (Å²) in [6, 6.07) is 6.06. The SMILES string of the molecule is Cc1c(Br)cccc1Nc1nc(C2CC2)nc(NN)c1C. The summed E-state index contributed by atoms with van der Waals surface area (Å²) in [6.07, 6.45) is 2.31. The van der Waals surface area contributed by atoms with Crippen LogP contribution in [0, 0.1) is 13.8 Å². The van der Waals surface area contributed by atoms with Crippen LogP contribution in [0.25, 0.3) is 0 Å². The number of hydrogen-bond acceptors (Lipinski definition) is 5. The number of rotatable bonds is 4. The van der Waals surface area contributed by atoms with Crippen LogP contribution in [0.1, 0.15) is 35.7 Å². The summed E-state index contributed by atoms with van der Waals surface area (Å²) in [5, 5.41) is 3.40. The van der Waals surface area contributed by atoms with E-state index in [0.717, 1.165) is 45.8 Å². The fourth-order valence-corrected chi connectivity index (χ4v) is 2.56. The standard InChI is InChI=1S/C15H18BrN5/c1-8-11(16)4-3-5-12(8)18-13-9(2)14(21-17)20-15(19-13)10-6-7-10/h3-5,10H,6-7,17H2,1-2H3,(H2,18,19,20,21). The van der Waals surface area contributed by atoms with Crippen LogP contribution in [0.3, 0.4) is 0 Å². The van der Waals surface area contributed by atoms with Gasteiger partial charge in [-0.25, -0.2) is 15.8 Å². The van der Waals surface area contributed by atoms with E-state index >= 15 is 0 Å². The van der Waals surface area contributed by atoms with E-state index in [1.807, 2.05) is 25.1 Å². The maximum absolute atomic E-state index is 5.58. The van der Waals surface area contributed by atoms with Gasteiger partial charge in [0, 0.05) is 21.6 Å². The lowest BCUT2D eigenvalue weighted by molar-refractivity contribution is 0.920. The molecule has 0 atom stereocenters. The first-order valence-corrected chi connectivity index (χ1v) is 7.76. The minimum absolute atomic E-state index is 0.474. The molecule has 0 unspecified atom stereocenters. The first kappa shape index (κ1) is 14.3. The average Bonchev–Trinajstić information content (AvgIpc) is 3.30. The fraction of sp³-hybridized carbons (Fsp3) is 0.333. The molecule has 0 saturated heterocycles. The van der Waals surface area contributed by atoms with Crippen molar-refractivity contribution in [3.63, 3.8) is 0 Å². The molecule has 1 aromatic heterocycles. The number of halogens is 1. The minimum atomic E-state index is 0.474. The van der Waals surface area contributed by atoms with Gasteiger partial charge >= 0.3 is 0 Å². The van der Waals surface area contributed by atoms with Gasteiger partial charge in [0.05, 0.1) is 0 Å². The molecule has 2 aromatic rings. The second kappa shape index (κ2) is 5.61. The van der Waals surface area contributed by atoms with Crippen molar-refractivity contribution in [3.05, 3.63) is 39.6 Å². The summed E-state index contributed by atoms with van der Waals surface area (Å²) in [5.74, 6) is 8.41. The van der Waals surface area contributed by atoms with Crippen molar-refractivity contribution >= 4 is 33.3 Å². The molecule has 5 nitrogen and oxygen atoms in total. The highest BCUT2D eigenvalue weighted by molar-refractivity contribution is 9.10. The van der Waals surface area contributed by atoms with Crippen LogP contribution in [0.4, 0.5) is 17.3 Å². The average molecular weight is 348 g/mol. The Morgan fingerprint density at radius 1 is 1.14 bits per heavy atom. The number of hydrogen-bond donors (Lipinski definition) is 3. The topological polar surface area (TPSA) is 75.9 Å². The summed E-state index contributed by atoms with van der Waals surface area (Å²) >= 11 is 3.55. The number of nitrogens with two attached hydrogens (primary N) is 1. The van der Waals surface area contributed by atoms with Crippen LogP contribution in [-0.2, 0) is 0 Å². The Morgan fingerprint density at radius 2 is 1.86 bits per heavy atom. The fourth-order valence-electron chi connectivity index (χ4n) is 2.19. The van der Waals surface area contributed by atoms with E-state index in [9.17, 15) is 0 Å². The van der Waals surface area contributed by atoms with Crippen molar-refractivity contribution in [1.29, 1.82) is 0 Å². The van der Waals surface area contributed by atoms with Gasteiger partial charge in [-0.05, 0) is 44.4 Å². The molecule has 1 aromatic carbocycles. The Kier molecular flexibility index (Phi) is 3.82. The van der Waals surface area contributed by atoms with Gasteiger partial charge in [-0.2, -0.15) is 0 Å². The van der Waals surface area contributed by atoms with Crippen molar-refractivity contribution < 1.29 is 0 Å². The summed E-state index contributed by atoms with van der Waals surface area (Å²) in [4.78, 5) is 9.17. The Labute approximate surface area is 132 Å². The molecule has 0 spiro atoms. The highest BCUT2D eigenvalue weighted by Gasteiger charge is 2.28. The lowest BCUT2D eigenvalue weighted by Crippen LogP contribution is -2.14. The lowest BCUT2D eigenvalue weighted by atomic mass is 10.2. The van der Waals surface area contributed by atoms with E-state index in [-0.39, 0.29) is 0 Å². The van der Waals surface area contributed by atoms with Gasteiger partial charge in [0.25, 0.3) is 0 Å². The predicted octanol–water partition coefficient (Wildman–Crippen LogP) is 3.76. The molecular formula is C15H18BrN5. The van der Waals surface area contributed by atoms with Crippen molar-refractivity contribution in [3.8, 4) is 0 Å². The normalized spacial score (nSPS) is 14.1. The van der Waals surface area contributed by atoms with E-state index < -0.39 is 0 Å². The molecule has 0 bridgehead atoms. The van der Waals surface area contributed by atoms with Gasteiger partial charge in [0.2, 0.25) is 0 Å². The zero-order valence-electron chi connectivity index (χ0n) is 12.1. The Hall–Kier alpha value is -1.66. The lowest BCUT2D eigenvalue weighted by Gasteiger charge is -2.15. The molecule has 21 heavy (non-hydrogen) atoms. The smallest absolute Gasteiger partial charge is 0.148 e. The molecule has 1 saturated carbocycles. The van der Waals surface area contributed by atoms with Crippen LogP contribution < -0.4 is 16.6 Å². The Balaban J connectivity index is 2.01. The molecule has 1 aliphatic carbocycles. The molecule has 4 N–H and O–H groups in total. The largest absolute Gasteiger partial charge is 0.340 e. The number of benzene rings is 1. The van der Waals surface area contributed by atoms with Crippen molar-refractivity contribution in [2.75, 3.05) is 10.7 Å². The van der Waals surface area contributed by atoms with Gasteiger partial charge in [-0.1, -0.05) is 22.0 Å². The highest BCUT2D eigenvalue weighted by Crippen LogP contribution is 2.40. The van der Waals surface area contributed by atoms with Crippen molar-refractivity contribution in [2.24, 2.45) is 5.84 Å².